The van der Waals surface area contributed by atoms with Gasteiger partial charge in [0.15, 0.2) is 0 Å². The van der Waals surface area contributed by atoms with Crippen LogP contribution in [0.4, 0.5) is 0 Å². The topological polar surface area (TPSA) is 26.0 Å². The van der Waals surface area contributed by atoms with Gasteiger partial charge < -0.3 is 5.73 Å². The molecule has 2 atom stereocenters. The molecule has 0 spiro atoms. The Morgan fingerprint density at radius 1 is 1.27 bits per heavy atom. The summed E-state index contributed by atoms with van der Waals surface area (Å²) in [6.45, 7) is 7.68. The Balaban J connectivity index is 3.49. The van der Waals surface area contributed by atoms with Crippen molar-refractivity contribution in [3.05, 3.63) is 0 Å². The van der Waals surface area contributed by atoms with Gasteiger partial charge in [0.1, 0.15) is 0 Å². The standard InChI is InChI=1S/C10H23N/c1-4-6-10(8-11)7-9(3)5-2/h9-10H,4-8,11H2,1-3H3. The Kier molecular flexibility index (Phi) is 6.63. The minimum absolute atomic E-state index is 0.773. The maximum atomic E-state index is 5.66. The molecule has 0 saturated heterocycles. The molecular weight excluding hydrogens is 134 g/mol. The second kappa shape index (κ2) is 6.66. The molecule has 0 fully saturated rings. The third-order valence-electron chi connectivity index (χ3n) is 2.46. The summed E-state index contributed by atoms with van der Waals surface area (Å²) in [4.78, 5) is 0. The fraction of sp³-hybridized carbons (Fsp3) is 1.00. The molecule has 11 heavy (non-hydrogen) atoms. The van der Waals surface area contributed by atoms with Gasteiger partial charge in [0.05, 0.1) is 0 Å². The van der Waals surface area contributed by atoms with Crippen molar-refractivity contribution in [1.29, 1.82) is 0 Å². The maximum absolute atomic E-state index is 5.66. The number of rotatable bonds is 6. The van der Waals surface area contributed by atoms with Gasteiger partial charge in [-0.2, -0.15) is 0 Å². The van der Waals surface area contributed by atoms with E-state index >= 15 is 0 Å². The van der Waals surface area contributed by atoms with Gasteiger partial charge in [0, 0.05) is 0 Å². The zero-order chi connectivity index (χ0) is 8.69. The van der Waals surface area contributed by atoms with Gasteiger partial charge in [0.25, 0.3) is 0 Å². The summed E-state index contributed by atoms with van der Waals surface area (Å²) >= 11 is 0. The van der Waals surface area contributed by atoms with Gasteiger partial charge in [0.2, 0.25) is 0 Å². The zero-order valence-electron chi connectivity index (χ0n) is 8.27. The van der Waals surface area contributed by atoms with E-state index < -0.39 is 0 Å². The molecule has 0 amide bonds. The van der Waals surface area contributed by atoms with Crippen LogP contribution in [0.5, 0.6) is 0 Å². The second-order valence-electron chi connectivity index (χ2n) is 3.64. The normalized spacial score (nSPS) is 16.4. The highest BCUT2D eigenvalue weighted by Gasteiger charge is 2.08. The molecule has 0 saturated carbocycles. The minimum atomic E-state index is 0.773. The van der Waals surface area contributed by atoms with Crippen LogP contribution in [0.3, 0.4) is 0 Å². The van der Waals surface area contributed by atoms with Gasteiger partial charge in [-0.1, -0.05) is 33.6 Å². The van der Waals surface area contributed by atoms with E-state index in [4.69, 9.17) is 5.73 Å². The van der Waals surface area contributed by atoms with Gasteiger partial charge in [-0.15, -0.1) is 0 Å². The van der Waals surface area contributed by atoms with E-state index in [2.05, 4.69) is 20.8 Å². The summed E-state index contributed by atoms with van der Waals surface area (Å²) in [5, 5.41) is 0. The lowest BCUT2D eigenvalue weighted by Crippen LogP contribution is -2.16. The molecule has 0 rings (SSSR count). The number of hydrogen-bond donors (Lipinski definition) is 1. The average molecular weight is 157 g/mol. The molecule has 0 bridgehead atoms. The third-order valence-corrected chi connectivity index (χ3v) is 2.46. The highest BCUT2D eigenvalue weighted by atomic mass is 14.5. The molecule has 1 nitrogen and oxygen atoms in total. The molecular formula is C10H23N. The van der Waals surface area contributed by atoms with Crippen LogP contribution < -0.4 is 5.73 Å². The first-order chi connectivity index (χ1) is 5.24. The molecule has 2 N–H and O–H groups in total. The van der Waals surface area contributed by atoms with E-state index in [1.54, 1.807) is 0 Å². The van der Waals surface area contributed by atoms with E-state index in [1.165, 1.54) is 25.7 Å². The van der Waals surface area contributed by atoms with Crippen LogP contribution >= 0.6 is 0 Å². The molecule has 0 heterocycles. The minimum Gasteiger partial charge on any atom is -0.330 e. The predicted octanol–water partition coefficient (Wildman–Crippen LogP) is 2.80. The SMILES string of the molecule is CCCC(CN)CC(C)CC. The van der Waals surface area contributed by atoms with Gasteiger partial charge in [-0.25, -0.2) is 0 Å². The number of nitrogens with two attached hydrogens (primary N) is 1. The highest BCUT2D eigenvalue weighted by Crippen LogP contribution is 2.18. The molecule has 68 valence electrons. The van der Waals surface area contributed by atoms with E-state index in [1.807, 2.05) is 0 Å². The largest absolute Gasteiger partial charge is 0.330 e. The van der Waals surface area contributed by atoms with Crippen LogP contribution in [0.25, 0.3) is 0 Å². The first-order valence-corrected chi connectivity index (χ1v) is 4.94. The molecule has 2 unspecified atom stereocenters. The van der Waals surface area contributed by atoms with Crippen LogP contribution in [0.2, 0.25) is 0 Å². The lowest BCUT2D eigenvalue weighted by molar-refractivity contribution is 0.367. The predicted molar refractivity (Wildman–Crippen MR) is 51.5 cm³/mol. The molecule has 1 heteroatoms. The smallest absolute Gasteiger partial charge is 0.00488 e. The summed E-state index contributed by atoms with van der Waals surface area (Å²) in [7, 11) is 0. The third kappa shape index (κ3) is 5.25. The summed E-state index contributed by atoms with van der Waals surface area (Å²) in [5.41, 5.74) is 5.66. The summed E-state index contributed by atoms with van der Waals surface area (Å²) in [5.74, 6) is 1.63. The van der Waals surface area contributed by atoms with Crippen molar-refractivity contribution in [2.75, 3.05) is 6.54 Å². The van der Waals surface area contributed by atoms with Gasteiger partial charge in [-0.3, -0.25) is 0 Å². The van der Waals surface area contributed by atoms with E-state index in [0.717, 1.165) is 18.4 Å². The van der Waals surface area contributed by atoms with Crippen molar-refractivity contribution in [2.24, 2.45) is 17.6 Å². The zero-order valence-corrected chi connectivity index (χ0v) is 8.27. The van der Waals surface area contributed by atoms with Crippen LogP contribution in [-0.2, 0) is 0 Å². The second-order valence-corrected chi connectivity index (χ2v) is 3.64. The van der Waals surface area contributed by atoms with Gasteiger partial charge in [-0.05, 0) is 31.2 Å². The average Bonchev–Trinajstić information content (AvgIpc) is 2.03. The lowest BCUT2D eigenvalue weighted by atomic mass is 9.91. The highest BCUT2D eigenvalue weighted by molar-refractivity contribution is 4.62. The fourth-order valence-electron chi connectivity index (χ4n) is 1.48. The molecule has 0 aliphatic heterocycles. The van der Waals surface area contributed by atoms with Crippen LogP contribution in [-0.4, -0.2) is 6.54 Å². The Bertz CT molecular complexity index is 80.9. The fourth-order valence-corrected chi connectivity index (χ4v) is 1.48. The lowest BCUT2D eigenvalue weighted by Gasteiger charge is -2.17. The molecule has 0 aromatic heterocycles. The first kappa shape index (κ1) is 11.0. The van der Waals surface area contributed by atoms with Gasteiger partial charge >= 0.3 is 0 Å². The van der Waals surface area contributed by atoms with Crippen LogP contribution in [0, 0.1) is 11.8 Å². The van der Waals surface area contributed by atoms with Crippen molar-refractivity contribution in [3.63, 3.8) is 0 Å². The molecule has 0 aliphatic rings. The monoisotopic (exact) mass is 157 g/mol. The molecule has 0 aromatic carbocycles. The quantitative estimate of drug-likeness (QED) is 0.630. The summed E-state index contributed by atoms with van der Waals surface area (Å²) in [6.07, 6.45) is 5.19. The maximum Gasteiger partial charge on any atom is -0.00488 e. The van der Waals surface area contributed by atoms with Crippen molar-refractivity contribution in [2.45, 2.75) is 46.5 Å². The van der Waals surface area contributed by atoms with E-state index in [9.17, 15) is 0 Å². The Morgan fingerprint density at radius 3 is 2.27 bits per heavy atom. The van der Waals surface area contributed by atoms with Crippen molar-refractivity contribution in [3.8, 4) is 0 Å². The first-order valence-electron chi connectivity index (χ1n) is 4.94. The molecule has 0 radical (unpaired) electrons. The molecule has 0 aliphatic carbocycles. The van der Waals surface area contributed by atoms with Crippen LogP contribution in [0.15, 0.2) is 0 Å². The Labute approximate surface area is 71.4 Å². The van der Waals surface area contributed by atoms with Crippen molar-refractivity contribution < 1.29 is 0 Å². The van der Waals surface area contributed by atoms with Crippen molar-refractivity contribution >= 4 is 0 Å². The van der Waals surface area contributed by atoms with Crippen LogP contribution in [0.1, 0.15) is 46.5 Å². The summed E-state index contributed by atoms with van der Waals surface area (Å²) in [6, 6.07) is 0. The number of hydrogen-bond acceptors (Lipinski definition) is 1. The Hall–Kier alpha value is -0.0400. The molecule has 0 aromatic rings. The van der Waals surface area contributed by atoms with E-state index in [0.29, 0.717) is 0 Å². The summed E-state index contributed by atoms with van der Waals surface area (Å²) < 4.78 is 0. The Morgan fingerprint density at radius 2 is 1.91 bits per heavy atom. The van der Waals surface area contributed by atoms with E-state index in [-0.39, 0.29) is 0 Å². The van der Waals surface area contributed by atoms with Crippen molar-refractivity contribution in [1.82, 2.24) is 0 Å².